The predicted molar refractivity (Wildman–Crippen MR) is 80.2 cm³/mol. The highest BCUT2D eigenvalue weighted by molar-refractivity contribution is 5.28. The molecule has 1 aliphatic carbocycles. The zero-order chi connectivity index (χ0) is 14.8. The molecule has 0 amide bonds. The fourth-order valence-corrected chi connectivity index (χ4v) is 3.26. The van der Waals surface area contributed by atoms with Crippen molar-refractivity contribution in [1.29, 1.82) is 0 Å². The monoisotopic (exact) mass is 279 g/mol. The molecule has 0 radical (unpaired) electrons. The fourth-order valence-electron chi connectivity index (χ4n) is 3.26. The van der Waals surface area contributed by atoms with Crippen LogP contribution in [0.5, 0.6) is 0 Å². The topological polar surface area (TPSA) is 35.2 Å². The first kappa shape index (κ1) is 15.5. The van der Waals surface area contributed by atoms with Gasteiger partial charge in [0.05, 0.1) is 5.60 Å². The summed E-state index contributed by atoms with van der Waals surface area (Å²) >= 11 is 0. The van der Waals surface area contributed by atoms with Crippen LogP contribution in [0.15, 0.2) is 18.2 Å². The van der Waals surface area contributed by atoms with Crippen LogP contribution in [-0.4, -0.2) is 18.8 Å². The Kier molecular flexibility index (Phi) is 4.82. The van der Waals surface area contributed by atoms with E-state index in [2.05, 4.69) is 6.92 Å². The first-order valence-corrected chi connectivity index (χ1v) is 7.52. The third-order valence-corrected chi connectivity index (χ3v) is 4.95. The number of hydrogen-bond donors (Lipinski definition) is 1. The highest BCUT2D eigenvalue weighted by atomic mass is 19.1. The van der Waals surface area contributed by atoms with Crippen LogP contribution in [-0.2, 0) is 11.2 Å². The van der Waals surface area contributed by atoms with Crippen molar-refractivity contribution in [3.63, 3.8) is 0 Å². The molecule has 0 saturated heterocycles. The summed E-state index contributed by atoms with van der Waals surface area (Å²) in [5.41, 5.74) is 8.29. The maximum atomic E-state index is 13.4. The quantitative estimate of drug-likeness (QED) is 0.914. The van der Waals surface area contributed by atoms with E-state index in [1.165, 1.54) is 6.07 Å². The lowest BCUT2D eigenvalue weighted by molar-refractivity contribution is -0.0659. The number of hydrogen-bond acceptors (Lipinski definition) is 2. The van der Waals surface area contributed by atoms with Crippen LogP contribution >= 0.6 is 0 Å². The highest BCUT2D eigenvalue weighted by Crippen LogP contribution is 2.37. The minimum atomic E-state index is -0.245. The molecule has 1 aliphatic rings. The molecule has 2 N–H and O–H groups in total. The van der Waals surface area contributed by atoms with Gasteiger partial charge in [-0.15, -0.1) is 0 Å². The van der Waals surface area contributed by atoms with Gasteiger partial charge in [0.2, 0.25) is 0 Å². The van der Waals surface area contributed by atoms with Gasteiger partial charge in [-0.3, -0.25) is 0 Å². The second-order valence-corrected chi connectivity index (χ2v) is 6.33. The summed E-state index contributed by atoms with van der Waals surface area (Å²) in [5.74, 6) is 0.558. The lowest BCUT2D eigenvalue weighted by Crippen LogP contribution is -2.52. The Bertz CT molecular complexity index is 452. The smallest absolute Gasteiger partial charge is 0.123 e. The maximum Gasteiger partial charge on any atom is 0.123 e. The molecule has 1 fully saturated rings. The molecule has 1 atom stereocenters. The van der Waals surface area contributed by atoms with Crippen LogP contribution in [0.2, 0.25) is 0 Å². The first-order valence-electron chi connectivity index (χ1n) is 7.52. The molecule has 2 nitrogen and oxygen atoms in total. The Balaban J connectivity index is 2.13. The van der Waals surface area contributed by atoms with E-state index in [9.17, 15) is 4.39 Å². The second kappa shape index (κ2) is 6.23. The van der Waals surface area contributed by atoms with Crippen molar-refractivity contribution < 1.29 is 9.13 Å². The van der Waals surface area contributed by atoms with Crippen LogP contribution in [0.4, 0.5) is 4.39 Å². The highest BCUT2D eigenvalue weighted by Gasteiger charge is 2.39. The number of benzene rings is 1. The van der Waals surface area contributed by atoms with Crippen molar-refractivity contribution in [3.05, 3.63) is 35.1 Å². The minimum Gasteiger partial charge on any atom is -0.377 e. The molecular formula is C17H26FNO. The molecule has 0 aliphatic heterocycles. The summed E-state index contributed by atoms with van der Waals surface area (Å²) in [6, 6.07) is 4.84. The number of ether oxygens (including phenoxy) is 1. The Morgan fingerprint density at radius 1 is 1.40 bits per heavy atom. The molecular weight excluding hydrogens is 253 g/mol. The van der Waals surface area contributed by atoms with E-state index in [1.54, 1.807) is 13.2 Å². The van der Waals surface area contributed by atoms with E-state index in [4.69, 9.17) is 10.5 Å². The number of aryl methyl sites for hydroxylation is 1. The number of nitrogens with two attached hydrogens (primary N) is 1. The first-order chi connectivity index (χ1) is 9.47. The molecule has 0 aromatic heterocycles. The van der Waals surface area contributed by atoms with E-state index in [-0.39, 0.29) is 17.5 Å². The Hall–Kier alpha value is -0.930. The number of rotatable bonds is 4. The van der Waals surface area contributed by atoms with Crippen molar-refractivity contribution in [1.82, 2.24) is 0 Å². The second-order valence-electron chi connectivity index (χ2n) is 6.33. The average molecular weight is 279 g/mol. The van der Waals surface area contributed by atoms with Gasteiger partial charge in [0, 0.05) is 13.2 Å². The summed E-state index contributed by atoms with van der Waals surface area (Å²) in [6.45, 7) is 4.28. The Morgan fingerprint density at radius 2 is 2.05 bits per heavy atom. The maximum absolute atomic E-state index is 13.4. The van der Waals surface area contributed by atoms with Crippen LogP contribution in [0, 0.1) is 18.7 Å². The van der Waals surface area contributed by atoms with Crippen molar-refractivity contribution in [3.8, 4) is 0 Å². The van der Waals surface area contributed by atoms with Gasteiger partial charge in [-0.1, -0.05) is 13.0 Å². The zero-order valence-electron chi connectivity index (χ0n) is 12.8. The summed E-state index contributed by atoms with van der Waals surface area (Å²) in [4.78, 5) is 0. The van der Waals surface area contributed by atoms with Gasteiger partial charge in [-0.05, 0) is 68.2 Å². The molecule has 2 rings (SSSR count). The van der Waals surface area contributed by atoms with Gasteiger partial charge in [0.25, 0.3) is 0 Å². The van der Waals surface area contributed by atoms with Crippen LogP contribution in [0.25, 0.3) is 0 Å². The summed E-state index contributed by atoms with van der Waals surface area (Å²) < 4.78 is 19.2. The van der Waals surface area contributed by atoms with Gasteiger partial charge >= 0.3 is 0 Å². The molecule has 0 spiro atoms. The lowest BCUT2D eigenvalue weighted by Gasteiger charge is -2.42. The molecule has 1 saturated carbocycles. The molecule has 1 unspecified atom stereocenters. The van der Waals surface area contributed by atoms with E-state index in [0.717, 1.165) is 42.7 Å². The molecule has 3 heteroatoms. The molecule has 20 heavy (non-hydrogen) atoms. The largest absolute Gasteiger partial charge is 0.377 e. The van der Waals surface area contributed by atoms with Gasteiger partial charge in [-0.2, -0.15) is 0 Å². The summed E-state index contributed by atoms with van der Waals surface area (Å²) in [7, 11) is 1.76. The number of methoxy groups -OCH3 is 1. The van der Waals surface area contributed by atoms with Crippen LogP contribution < -0.4 is 5.73 Å². The Morgan fingerprint density at radius 3 is 2.65 bits per heavy atom. The third-order valence-electron chi connectivity index (χ3n) is 4.95. The minimum absolute atomic E-state index is 0.0829. The van der Waals surface area contributed by atoms with Gasteiger partial charge in [0.15, 0.2) is 0 Å². The third kappa shape index (κ3) is 3.21. The van der Waals surface area contributed by atoms with Crippen molar-refractivity contribution in [2.24, 2.45) is 11.7 Å². The SMILES string of the molecule is COC1(C(N)Cc2cc(F)ccc2C)CCC(C)CC1. The Labute approximate surface area is 121 Å². The van der Waals surface area contributed by atoms with E-state index < -0.39 is 0 Å². The molecule has 1 aromatic rings. The average Bonchev–Trinajstić information content (AvgIpc) is 2.44. The molecule has 0 bridgehead atoms. The fraction of sp³-hybridized carbons (Fsp3) is 0.647. The normalized spacial score (nSPS) is 28.4. The van der Waals surface area contributed by atoms with Crippen molar-refractivity contribution >= 4 is 0 Å². The van der Waals surface area contributed by atoms with Crippen molar-refractivity contribution in [2.45, 2.75) is 57.6 Å². The zero-order valence-corrected chi connectivity index (χ0v) is 12.8. The lowest BCUT2D eigenvalue weighted by atomic mass is 9.74. The molecule has 0 heterocycles. The van der Waals surface area contributed by atoms with Gasteiger partial charge < -0.3 is 10.5 Å². The summed E-state index contributed by atoms with van der Waals surface area (Å²) in [6.07, 6.45) is 4.99. The standard InChI is InChI=1S/C17H26FNO/c1-12-6-8-17(20-3,9-7-12)16(19)11-14-10-15(18)5-4-13(14)2/h4-5,10,12,16H,6-9,11,19H2,1-3H3. The van der Waals surface area contributed by atoms with Crippen LogP contribution in [0.3, 0.4) is 0 Å². The molecule has 1 aromatic carbocycles. The van der Waals surface area contributed by atoms with Crippen molar-refractivity contribution in [2.75, 3.05) is 7.11 Å². The molecule has 112 valence electrons. The van der Waals surface area contributed by atoms with E-state index >= 15 is 0 Å². The van der Waals surface area contributed by atoms with Gasteiger partial charge in [-0.25, -0.2) is 4.39 Å². The predicted octanol–water partition coefficient (Wildman–Crippen LogP) is 3.60. The van der Waals surface area contributed by atoms with Crippen LogP contribution in [0.1, 0.15) is 43.7 Å². The van der Waals surface area contributed by atoms with E-state index in [0.29, 0.717) is 6.42 Å². The van der Waals surface area contributed by atoms with E-state index in [1.807, 2.05) is 13.0 Å². The summed E-state index contributed by atoms with van der Waals surface area (Å²) in [5, 5.41) is 0. The van der Waals surface area contributed by atoms with Gasteiger partial charge in [0.1, 0.15) is 5.82 Å². The number of halogens is 1.